The van der Waals surface area contributed by atoms with E-state index in [1.807, 2.05) is 25.1 Å². The van der Waals surface area contributed by atoms with Crippen LogP contribution in [0.4, 0.5) is 5.69 Å². The van der Waals surface area contributed by atoms with Crippen LogP contribution in [-0.4, -0.2) is 55.5 Å². The van der Waals surface area contributed by atoms with Crippen molar-refractivity contribution in [1.82, 2.24) is 9.80 Å². The average Bonchev–Trinajstić information content (AvgIpc) is 2.41. The average molecular weight is 340 g/mol. The van der Waals surface area contributed by atoms with Gasteiger partial charge in [0.1, 0.15) is 0 Å². The second kappa shape index (κ2) is 7.20. The first-order valence-corrected chi connectivity index (χ1v) is 7.81. The highest BCUT2D eigenvalue weighted by Crippen LogP contribution is 2.20. The first kappa shape index (κ1) is 15.5. The summed E-state index contributed by atoms with van der Waals surface area (Å²) in [6, 6.07) is 5.90. The van der Waals surface area contributed by atoms with E-state index in [-0.39, 0.29) is 5.91 Å². The number of rotatable bonds is 4. The van der Waals surface area contributed by atoms with Crippen molar-refractivity contribution in [1.29, 1.82) is 0 Å². The Morgan fingerprint density at radius 1 is 1.30 bits per heavy atom. The molecule has 20 heavy (non-hydrogen) atoms. The molecule has 1 aromatic carbocycles. The minimum Gasteiger partial charge on any atom is -0.326 e. The van der Waals surface area contributed by atoms with Crippen molar-refractivity contribution in [3.05, 3.63) is 28.2 Å². The van der Waals surface area contributed by atoms with E-state index in [0.29, 0.717) is 6.42 Å². The smallest absolute Gasteiger partial charge is 0.225 e. The van der Waals surface area contributed by atoms with Crippen LogP contribution in [0, 0.1) is 6.92 Å². The molecule has 1 aliphatic rings. The van der Waals surface area contributed by atoms with Crippen molar-refractivity contribution < 1.29 is 4.79 Å². The number of benzene rings is 1. The molecule has 5 heteroatoms. The second-order valence-electron chi connectivity index (χ2n) is 5.40. The van der Waals surface area contributed by atoms with Crippen molar-refractivity contribution >= 4 is 27.5 Å². The highest BCUT2D eigenvalue weighted by molar-refractivity contribution is 9.10. The molecule has 0 radical (unpaired) electrons. The number of carbonyl (C=O) groups excluding carboxylic acids is 1. The number of anilines is 1. The number of halogens is 1. The molecule has 0 atom stereocenters. The fourth-order valence-corrected chi connectivity index (χ4v) is 2.79. The number of nitrogens with zero attached hydrogens (tertiary/aromatic N) is 2. The number of nitrogens with one attached hydrogen (secondary N) is 1. The predicted octanol–water partition coefficient (Wildman–Crippen LogP) is 2.33. The number of hydrogen-bond acceptors (Lipinski definition) is 3. The van der Waals surface area contributed by atoms with E-state index in [2.05, 4.69) is 38.1 Å². The molecule has 2 rings (SSSR count). The Morgan fingerprint density at radius 2 is 2.00 bits per heavy atom. The van der Waals surface area contributed by atoms with Crippen LogP contribution < -0.4 is 5.32 Å². The molecule has 0 aliphatic carbocycles. The van der Waals surface area contributed by atoms with Gasteiger partial charge >= 0.3 is 0 Å². The van der Waals surface area contributed by atoms with E-state index in [4.69, 9.17) is 0 Å². The van der Waals surface area contributed by atoms with Gasteiger partial charge in [0.05, 0.1) is 0 Å². The monoisotopic (exact) mass is 339 g/mol. The summed E-state index contributed by atoms with van der Waals surface area (Å²) in [7, 11) is 2.14. The van der Waals surface area contributed by atoms with Crippen LogP contribution in [0.2, 0.25) is 0 Å². The topological polar surface area (TPSA) is 35.6 Å². The summed E-state index contributed by atoms with van der Waals surface area (Å²) in [6.07, 6.45) is 0.555. The third kappa shape index (κ3) is 4.58. The number of piperazine rings is 1. The largest absolute Gasteiger partial charge is 0.326 e. The summed E-state index contributed by atoms with van der Waals surface area (Å²) in [5.74, 6) is 0.0920. The summed E-state index contributed by atoms with van der Waals surface area (Å²) in [5.41, 5.74) is 1.98. The molecule has 0 saturated carbocycles. The molecule has 1 heterocycles. The van der Waals surface area contributed by atoms with E-state index in [1.165, 1.54) is 0 Å². The molecule has 110 valence electrons. The molecule has 1 fully saturated rings. The maximum Gasteiger partial charge on any atom is 0.225 e. The molecule has 0 spiro atoms. The second-order valence-corrected chi connectivity index (χ2v) is 6.32. The van der Waals surface area contributed by atoms with Crippen LogP contribution in [0.25, 0.3) is 0 Å². The third-order valence-corrected chi connectivity index (χ3v) is 4.21. The lowest BCUT2D eigenvalue weighted by molar-refractivity contribution is -0.116. The summed E-state index contributed by atoms with van der Waals surface area (Å²) in [6.45, 7) is 7.14. The van der Waals surface area contributed by atoms with Crippen LogP contribution in [0.5, 0.6) is 0 Å². The fraction of sp³-hybridized carbons (Fsp3) is 0.533. The molecular formula is C15H22BrN3O. The summed E-state index contributed by atoms with van der Waals surface area (Å²) < 4.78 is 1.03. The van der Waals surface area contributed by atoms with Gasteiger partial charge in [-0.15, -0.1) is 0 Å². The highest BCUT2D eigenvalue weighted by Gasteiger charge is 2.14. The van der Waals surface area contributed by atoms with E-state index >= 15 is 0 Å². The minimum absolute atomic E-state index is 0.0920. The normalized spacial score (nSPS) is 17.1. The molecule has 1 aliphatic heterocycles. The molecule has 0 unspecified atom stereocenters. The van der Waals surface area contributed by atoms with Gasteiger partial charge < -0.3 is 15.1 Å². The zero-order valence-electron chi connectivity index (χ0n) is 12.2. The Bertz CT molecular complexity index is 470. The number of amides is 1. The molecule has 4 nitrogen and oxygen atoms in total. The van der Waals surface area contributed by atoms with Crippen LogP contribution in [0.15, 0.2) is 22.7 Å². The number of likely N-dealkylation sites (N-methyl/N-ethyl adjacent to an activating group) is 1. The lowest BCUT2D eigenvalue weighted by Gasteiger charge is -2.32. The lowest BCUT2D eigenvalue weighted by Crippen LogP contribution is -2.45. The first-order chi connectivity index (χ1) is 9.54. The van der Waals surface area contributed by atoms with Crippen molar-refractivity contribution in [2.75, 3.05) is 45.1 Å². The minimum atomic E-state index is 0.0920. The van der Waals surface area contributed by atoms with E-state index in [1.54, 1.807) is 0 Å². The quantitative estimate of drug-likeness (QED) is 0.914. The standard InChI is InChI=1S/C15H22BrN3O/c1-12-11-13(16)3-4-14(12)17-15(20)5-6-19-9-7-18(2)8-10-19/h3-4,11H,5-10H2,1-2H3,(H,17,20). The maximum atomic E-state index is 12.0. The van der Waals surface area contributed by atoms with Gasteiger partial charge in [-0.05, 0) is 37.7 Å². The van der Waals surface area contributed by atoms with E-state index in [0.717, 1.165) is 48.4 Å². The van der Waals surface area contributed by atoms with Crippen LogP contribution >= 0.6 is 15.9 Å². The highest BCUT2D eigenvalue weighted by atomic mass is 79.9. The Balaban J connectivity index is 1.78. The third-order valence-electron chi connectivity index (χ3n) is 3.71. The molecule has 0 aromatic heterocycles. The molecule has 0 bridgehead atoms. The van der Waals surface area contributed by atoms with E-state index < -0.39 is 0 Å². The van der Waals surface area contributed by atoms with Gasteiger partial charge in [-0.3, -0.25) is 4.79 Å². The SMILES string of the molecule is Cc1cc(Br)ccc1NC(=O)CCN1CCN(C)CC1. The summed E-state index contributed by atoms with van der Waals surface area (Å²) in [4.78, 5) is 16.7. The number of aryl methyl sites for hydroxylation is 1. The number of hydrogen-bond donors (Lipinski definition) is 1. The molecule has 1 amide bonds. The van der Waals surface area contributed by atoms with Crippen LogP contribution in [0.3, 0.4) is 0 Å². The van der Waals surface area contributed by atoms with Gasteiger partial charge in [0.25, 0.3) is 0 Å². The Hall–Kier alpha value is -0.910. The van der Waals surface area contributed by atoms with Gasteiger partial charge in [0.2, 0.25) is 5.91 Å². The first-order valence-electron chi connectivity index (χ1n) is 7.01. The lowest BCUT2D eigenvalue weighted by atomic mass is 10.2. The van der Waals surface area contributed by atoms with Crippen LogP contribution in [0.1, 0.15) is 12.0 Å². The Labute approximate surface area is 129 Å². The molecule has 1 saturated heterocycles. The van der Waals surface area contributed by atoms with Gasteiger partial charge in [-0.1, -0.05) is 15.9 Å². The van der Waals surface area contributed by atoms with E-state index in [9.17, 15) is 4.79 Å². The maximum absolute atomic E-state index is 12.0. The van der Waals surface area contributed by atoms with Gasteiger partial charge in [0.15, 0.2) is 0 Å². The number of carbonyl (C=O) groups is 1. The Morgan fingerprint density at radius 3 is 2.65 bits per heavy atom. The van der Waals surface area contributed by atoms with Gasteiger partial charge in [-0.2, -0.15) is 0 Å². The zero-order chi connectivity index (χ0) is 14.5. The zero-order valence-corrected chi connectivity index (χ0v) is 13.7. The van der Waals surface area contributed by atoms with Crippen molar-refractivity contribution in [3.63, 3.8) is 0 Å². The predicted molar refractivity (Wildman–Crippen MR) is 86.1 cm³/mol. The van der Waals surface area contributed by atoms with Crippen molar-refractivity contribution in [3.8, 4) is 0 Å². The molecule has 1 aromatic rings. The van der Waals surface area contributed by atoms with Crippen LogP contribution in [-0.2, 0) is 4.79 Å². The van der Waals surface area contributed by atoms with Gasteiger partial charge in [0, 0.05) is 49.3 Å². The fourth-order valence-electron chi connectivity index (χ4n) is 2.31. The molecule has 1 N–H and O–H groups in total. The summed E-state index contributed by atoms with van der Waals surface area (Å²) in [5, 5.41) is 2.99. The summed E-state index contributed by atoms with van der Waals surface area (Å²) >= 11 is 3.43. The molecular weight excluding hydrogens is 318 g/mol. The Kier molecular flexibility index (Phi) is 5.57. The van der Waals surface area contributed by atoms with Crippen molar-refractivity contribution in [2.24, 2.45) is 0 Å². The van der Waals surface area contributed by atoms with Gasteiger partial charge in [-0.25, -0.2) is 0 Å². The van der Waals surface area contributed by atoms with Crippen molar-refractivity contribution in [2.45, 2.75) is 13.3 Å².